The largest absolute Gasteiger partial charge is 0.497 e. The Balaban J connectivity index is 1.98. The van der Waals surface area contributed by atoms with Gasteiger partial charge >= 0.3 is 0 Å². The maximum Gasteiger partial charge on any atom is 0.240 e. The first-order chi connectivity index (χ1) is 19.2. The minimum Gasteiger partial charge on any atom is -0.497 e. The predicted molar refractivity (Wildman–Crippen MR) is 152 cm³/mol. The van der Waals surface area contributed by atoms with E-state index in [2.05, 4.69) is 5.10 Å². The van der Waals surface area contributed by atoms with Gasteiger partial charge in [-0.2, -0.15) is 0 Å². The summed E-state index contributed by atoms with van der Waals surface area (Å²) >= 11 is 0. The molecule has 0 saturated carbocycles. The number of nitrogens with two attached hydrogens (primary N) is 3. The number of amidine groups is 1. The molecule has 0 heterocycles. The number of hydrogen-bond acceptors (Lipinski definition) is 6. The fraction of sp³-hybridized carbons (Fsp3) is 0.276. The number of methoxy groups -OCH3 is 1. The van der Waals surface area contributed by atoms with Crippen LogP contribution < -0.4 is 21.9 Å². The number of primary amides is 1. The van der Waals surface area contributed by atoms with Gasteiger partial charge in [0.25, 0.3) is 0 Å². The van der Waals surface area contributed by atoms with Crippen LogP contribution in [0.25, 0.3) is 0 Å². The molecule has 0 bridgehead atoms. The van der Waals surface area contributed by atoms with Crippen LogP contribution in [0, 0.1) is 10.1 Å². The molecule has 3 rings (SSSR count). The van der Waals surface area contributed by atoms with E-state index >= 15 is 0 Å². The van der Waals surface area contributed by atoms with Crippen LogP contribution in [0.3, 0.4) is 0 Å². The van der Waals surface area contributed by atoms with E-state index in [9.17, 15) is 19.7 Å². The predicted octanol–water partition coefficient (Wildman–Crippen LogP) is 2.41. The second-order valence-electron chi connectivity index (χ2n) is 9.25. The van der Waals surface area contributed by atoms with Crippen LogP contribution in [0.15, 0.2) is 90.0 Å². The average Bonchev–Trinajstić information content (AvgIpc) is 2.95. The van der Waals surface area contributed by atoms with Gasteiger partial charge in [-0.25, -0.2) is 10.1 Å². The molecule has 2 atom stereocenters. The molecule has 0 aliphatic heterocycles. The molecule has 0 fully saturated rings. The molecule has 210 valence electrons. The highest BCUT2D eigenvalue weighted by Crippen LogP contribution is 2.29. The zero-order chi connectivity index (χ0) is 29.1. The molecule has 11 nitrogen and oxygen atoms in total. The van der Waals surface area contributed by atoms with Crippen LogP contribution in [0.1, 0.15) is 35.4 Å². The van der Waals surface area contributed by atoms with Gasteiger partial charge in [0.05, 0.1) is 24.2 Å². The fourth-order valence-corrected chi connectivity index (χ4v) is 4.50. The lowest BCUT2D eigenvalue weighted by atomic mass is 9.89. The van der Waals surface area contributed by atoms with E-state index in [4.69, 9.17) is 21.9 Å². The molecule has 40 heavy (non-hydrogen) atoms. The Bertz CT molecular complexity index is 1260. The average molecular weight is 547 g/mol. The van der Waals surface area contributed by atoms with Gasteiger partial charge in [-0.15, -0.1) is 0 Å². The highest BCUT2D eigenvalue weighted by molar-refractivity contribution is 5.92. The molecule has 6 N–H and O–H groups in total. The number of benzene rings is 3. The molecular weight excluding hydrogens is 512 g/mol. The van der Waals surface area contributed by atoms with Crippen molar-refractivity contribution in [3.05, 3.63) is 112 Å². The second kappa shape index (κ2) is 14.4. The Hall–Kier alpha value is -4.77. The summed E-state index contributed by atoms with van der Waals surface area (Å²) in [5.41, 5.74) is 19.9. The van der Waals surface area contributed by atoms with Crippen molar-refractivity contribution in [2.75, 3.05) is 13.7 Å². The summed E-state index contributed by atoms with van der Waals surface area (Å²) in [4.78, 5) is 39.3. The minimum absolute atomic E-state index is 0.0368. The molecule has 11 heteroatoms. The van der Waals surface area contributed by atoms with E-state index < -0.39 is 28.9 Å². The first kappa shape index (κ1) is 29.8. The number of carbonyl (C=O) groups is 2. The van der Waals surface area contributed by atoms with Crippen LogP contribution >= 0.6 is 0 Å². The van der Waals surface area contributed by atoms with Crippen LogP contribution in [0.5, 0.6) is 5.75 Å². The fourth-order valence-electron chi connectivity index (χ4n) is 4.50. The quantitative estimate of drug-likeness (QED) is 0.120. The van der Waals surface area contributed by atoms with Crippen molar-refractivity contribution < 1.29 is 19.4 Å². The summed E-state index contributed by atoms with van der Waals surface area (Å²) in [6, 6.07) is 23.9. The Kier molecular flexibility index (Phi) is 10.7. The van der Waals surface area contributed by atoms with Gasteiger partial charge in [0.15, 0.2) is 10.9 Å². The van der Waals surface area contributed by atoms with Crippen molar-refractivity contribution in [2.24, 2.45) is 22.3 Å². The van der Waals surface area contributed by atoms with Crippen LogP contribution in [0.2, 0.25) is 0 Å². The second-order valence-corrected chi connectivity index (χ2v) is 9.25. The summed E-state index contributed by atoms with van der Waals surface area (Å²) < 4.78 is 5.23. The third-order valence-corrected chi connectivity index (χ3v) is 6.63. The molecule has 0 aliphatic carbocycles. The minimum atomic E-state index is -1.05. The summed E-state index contributed by atoms with van der Waals surface area (Å²) in [5.74, 6) is -1.41. The number of nitro groups is 1. The molecule has 2 amide bonds. The van der Waals surface area contributed by atoms with Crippen molar-refractivity contribution in [1.82, 2.24) is 4.90 Å². The highest BCUT2D eigenvalue weighted by Gasteiger charge is 2.34. The molecule has 0 spiro atoms. The third-order valence-electron chi connectivity index (χ3n) is 6.63. The lowest BCUT2D eigenvalue weighted by Crippen LogP contribution is -2.51. The normalized spacial score (nSPS) is 12.9. The van der Waals surface area contributed by atoms with Gasteiger partial charge in [-0.05, 0) is 48.1 Å². The van der Waals surface area contributed by atoms with E-state index in [1.165, 1.54) is 4.90 Å². The number of ether oxygens (including phenoxy) is 1. The van der Waals surface area contributed by atoms with Gasteiger partial charge in [0.2, 0.25) is 11.8 Å². The topological polar surface area (TPSA) is 180 Å². The van der Waals surface area contributed by atoms with Crippen LogP contribution in [-0.2, 0) is 16.0 Å². The summed E-state index contributed by atoms with van der Waals surface area (Å²) in [6.45, 7) is 0.183. The van der Waals surface area contributed by atoms with Gasteiger partial charge in [0, 0.05) is 6.54 Å². The van der Waals surface area contributed by atoms with Gasteiger partial charge in [-0.3, -0.25) is 9.59 Å². The third kappa shape index (κ3) is 8.11. The number of carbonyl (C=O) groups excluding carboxylic acids is 2. The molecule has 3 aromatic carbocycles. The van der Waals surface area contributed by atoms with Crippen molar-refractivity contribution in [3.63, 3.8) is 0 Å². The first-order valence-corrected chi connectivity index (χ1v) is 12.8. The number of rotatable bonds is 14. The van der Waals surface area contributed by atoms with Gasteiger partial charge in [0.1, 0.15) is 11.8 Å². The maximum absolute atomic E-state index is 14.4. The Morgan fingerprint density at radius 2 is 1.48 bits per heavy atom. The monoisotopic (exact) mass is 546 g/mol. The van der Waals surface area contributed by atoms with Gasteiger partial charge in [-0.1, -0.05) is 72.8 Å². The Morgan fingerprint density at radius 3 is 1.95 bits per heavy atom. The number of amides is 2. The number of hydrazone groups is 1. The number of hydrogen-bond donors (Lipinski definition) is 3. The molecule has 1 unspecified atom stereocenters. The van der Waals surface area contributed by atoms with E-state index in [0.717, 1.165) is 16.7 Å². The van der Waals surface area contributed by atoms with E-state index in [-0.39, 0.29) is 31.1 Å². The Labute approximate surface area is 232 Å². The highest BCUT2D eigenvalue weighted by atomic mass is 16.7. The lowest BCUT2D eigenvalue weighted by molar-refractivity contribution is -0.485. The summed E-state index contributed by atoms with van der Waals surface area (Å²) in [7, 11) is 1.58. The zero-order valence-electron chi connectivity index (χ0n) is 22.3. The van der Waals surface area contributed by atoms with Crippen molar-refractivity contribution in [2.45, 2.75) is 37.3 Å². The molecular formula is C29H34N6O5. The van der Waals surface area contributed by atoms with Crippen molar-refractivity contribution >= 4 is 17.6 Å². The van der Waals surface area contributed by atoms with E-state index in [1.807, 2.05) is 84.9 Å². The summed E-state index contributed by atoms with van der Waals surface area (Å²) in [5, 5.41) is 12.8. The molecule has 3 aromatic rings. The van der Waals surface area contributed by atoms with E-state index in [1.54, 1.807) is 7.11 Å². The van der Waals surface area contributed by atoms with Gasteiger partial charge < -0.3 is 26.8 Å². The van der Waals surface area contributed by atoms with Crippen LogP contribution in [0.4, 0.5) is 0 Å². The van der Waals surface area contributed by atoms with Crippen molar-refractivity contribution in [1.29, 1.82) is 0 Å². The Morgan fingerprint density at radius 1 is 0.925 bits per heavy atom. The smallest absolute Gasteiger partial charge is 0.240 e. The SMILES string of the molecule is COc1ccc(CCN(C(=O)C(c2ccccc2)c2ccccc2)[C@@H](CCC(N)C(N)=N[N+](=O)[O-])C(N)=O)cc1. The molecule has 0 saturated heterocycles. The molecule has 0 aliphatic rings. The summed E-state index contributed by atoms with van der Waals surface area (Å²) in [6.07, 6.45) is 0.520. The maximum atomic E-state index is 14.4. The molecule has 0 radical (unpaired) electrons. The number of nitrogens with zero attached hydrogens (tertiary/aromatic N) is 3. The lowest BCUT2D eigenvalue weighted by Gasteiger charge is -2.34. The standard InChI is InChI=1S/C29H34N6O5/c1-40-23-14-12-20(13-15-23)18-19-34(25(28(32)36)17-16-24(30)27(31)33-35(38)39)29(37)26(21-8-4-2-5-9-21)22-10-6-3-7-11-22/h2-15,24-26H,16-19,30H2,1H3,(H2,31,33)(H2,32,36)/t24?,25-/m0/s1. The molecule has 0 aromatic heterocycles. The zero-order valence-corrected chi connectivity index (χ0v) is 22.3. The van der Waals surface area contributed by atoms with E-state index in [0.29, 0.717) is 12.2 Å². The first-order valence-electron chi connectivity index (χ1n) is 12.8. The van der Waals surface area contributed by atoms with Crippen molar-refractivity contribution in [3.8, 4) is 5.75 Å². The van der Waals surface area contributed by atoms with Crippen LogP contribution in [-0.4, -0.2) is 53.3 Å².